The molecular weight excluding hydrogens is 340 g/mol. The maximum absolute atomic E-state index is 12.1. The second-order valence-electron chi connectivity index (χ2n) is 4.06. The SMILES string of the molecule is COc1ccc(NC(=O)c2cncc(Br)c2)c(C(=O)O)c1. The highest BCUT2D eigenvalue weighted by molar-refractivity contribution is 9.10. The standard InChI is InChI=1S/C14H11BrN2O4/c1-21-10-2-3-12(11(5-10)14(19)20)17-13(18)8-4-9(15)7-16-6-8/h2-7H,1H3,(H,17,18)(H,19,20). The Morgan fingerprint density at radius 3 is 2.67 bits per heavy atom. The second kappa shape index (κ2) is 6.36. The number of carbonyl (C=O) groups is 2. The minimum atomic E-state index is -1.16. The van der Waals surface area contributed by atoms with Gasteiger partial charge in [-0.15, -0.1) is 0 Å². The van der Waals surface area contributed by atoms with E-state index in [1.54, 1.807) is 18.3 Å². The molecule has 0 aliphatic heterocycles. The molecule has 0 fully saturated rings. The third-order valence-corrected chi connectivity index (χ3v) is 3.11. The van der Waals surface area contributed by atoms with Crippen LogP contribution in [0.2, 0.25) is 0 Å². The Balaban J connectivity index is 2.31. The smallest absolute Gasteiger partial charge is 0.337 e. The van der Waals surface area contributed by atoms with Crippen molar-refractivity contribution in [1.82, 2.24) is 4.98 Å². The minimum Gasteiger partial charge on any atom is -0.497 e. The molecule has 2 aromatic rings. The number of aromatic nitrogens is 1. The predicted molar refractivity (Wildman–Crippen MR) is 79.8 cm³/mol. The fraction of sp³-hybridized carbons (Fsp3) is 0.0714. The van der Waals surface area contributed by atoms with Crippen LogP contribution in [0.25, 0.3) is 0 Å². The van der Waals surface area contributed by atoms with Crippen molar-refractivity contribution in [3.05, 3.63) is 52.3 Å². The number of nitrogens with one attached hydrogen (secondary N) is 1. The molecule has 21 heavy (non-hydrogen) atoms. The van der Waals surface area contributed by atoms with E-state index in [2.05, 4.69) is 26.2 Å². The molecule has 0 unspecified atom stereocenters. The fourth-order valence-electron chi connectivity index (χ4n) is 1.67. The predicted octanol–water partition coefficient (Wildman–Crippen LogP) is 2.80. The summed E-state index contributed by atoms with van der Waals surface area (Å²) in [7, 11) is 1.44. The van der Waals surface area contributed by atoms with Crippen LogP contribution in [-0.4, -0.2) is 29.1 Å². The van der Waals surface area contributed by atoms with Gasteiger partial charge in [0.05, 0.1) is 23.9 Å². The third-order valence-electron chi connectivity index (χ3n) is 2.67. The molecule has 0 saturated carbocycles. The van der Waals surface area contributed by atoms with Crippen molar-refractivity contribution in [2.45, 2.75) is 0 Å². The molecule has 0 aliphatic rings. The molecule has 7 heteroatoms. The van der Waals surface area contributed by atoms with Gasteiger partial charge in [-0.3, -0.25) is 9.78 Å². The van der Waals surface area contributed by atoms with Gasteiger partial charge in [-0.25, -0.2) is 4.79 Å². The molecule has 108 valence electrons. The zero-order chi connectivity index (χ0) is 15.4. The Morgan fingerprint density at radius 2 is 2.05 bits per heavy atom. The van der Waals surface area contributed by atoms with Crippen LogP contribution < -0.4 is 10.1 Å². The summed E-state index contributed by atoms with van der Waals surface area (Å²) in [5.74, 6) is -1.21. The number of carboxylic acid groups (broad SMARTS) is 1. The first-order chi connectivity index (χ1) is 10.0. The first-order valence-electron chi connectivity index (χ1n) is 5.84. The van der Waals surface area contributed by atoms with Crippen LogP contribution in [0.3, 0.4) is 0 Å². The summed E-state index contributed by atoms with van der Waals surface area (Å²) >= 11 is 3.22. The van der Waals surface area contributed by atoms with Crippen molar-refractivity contribution in [3.63, 3.8) is 0 Å². The first-order valence-corrected chi connectivity index (χ1v) is 6.64. The van der Waals surface area contributed by atoms with Crippen LogP contribution in [-0.2, 0) is 0 Å². The number of pyridine rings is 1. The van der Waals surface area contributed by atoms with Crippen molar-refractivity contribution in [2.24, 2.45) is 0 Å². The zero-order valence-corrected chi connectivity index (χ0v) is 12.5. The van der Waals surface area contributed by atoms with Crippen molar-refractivity contribution in [3.8, 4) is 5.75 Å². The molecule has 2 rings (SSSR count). The summed E-state index contributed by atoms with van der Waals surface area (Å²) < 4.78 is 5.63. The molecule has 2 N–H and O–H groups in total. The van der Waals surface area contributed by atoms with Gasteiger partial charge in [-0.2, -0.15) is 0 Å². The molecule has 0 atom stereocenters. The van der Waals surface area contributed by atoms with E-state index in [1.807, 2.05) is 0 Å². The number of benzene rings is 1. The van der Waals surface area contributed by atoms with Crippen LogP contribution in [0.5, 0.6) is 5.75 Å². The van der Waals surface area contributed by atoms with E-state index in [0.29, 0.717) is 15.8 Å². The number of amides is 1. The lowest BCUT2D eigenvalue weighted by atomic mass is 10.1. The number of halogens is 1. The van der Waals surface area contributed by atoms with Crippen LogP contribution in [0.4, 0.5) is 5.69 Å². The summed E-state index contributed by atoms with van der Waals surface area (Å²) in [6.07, 6.45) is 2.94. The number of carbonyl (C=O) groups excluding carboxylic acids is 1. The summed E-state index contributed by atoms with van der Waals surface area (Å²) in [6, 6.07) is 5.98. The molecule has 1 amide bonds. The number of nitrogens with zero attached hydrogens (tertiary/aromatic N) is 1. The van der Waals surface area contributed by atoms with E-state index in [4.69, 9.17) is 4.74 Å². The fourth-order valence-corrected chi connectivity index (χ4v) is 2.03. The van der Waals surface area contributed by atoms with Crippen LogP contribution in [0.15, 0.2) is 41.1 Å². The topological polar surface area (TPSA) is 88.5 Å². The molecular formula is C14H11BrN2O4. The monoisotopic (exact) mass is 350 g/mol. The average Bonchev–Trinajstić information content (AvgIpc) is 2.47. The van der Waals surface area contributed by atoms with E-state index < -0.39 is 11.9 Å². The molecule has 1 aromatic heterocycles. The summed E-state index contributed by atoms with van der Waals surface area (Å²) in [5, 5.41) is 11.7. The number of rotatable bonds is 4. The molecule has 0 saturated heterocycles. The molecule has 6 nitrogen and oxygen atoms in total. The van der Waals surface area contributed by atoms with Crippen LogP contribution in [0.1, 0.15) is 20.7 Å². The average molecular weight is 351 g/mol. The maximum atomic E-state index is 12.1. The molecule has 0 aliphatic carbocycles. The largest absolute Gasteiger partial charge is 0.497 e. The molecule has 1 heterocycles. The lowest BCUT2D eigenvalue weighted by Crippen LogP contribution is -2.15. The first kappa shape index (κ1) is 15.0. The Bertz CT molecular complexity index is 703. The summed E-state index contributed by atoms with van der Waals surface area (Å²) in [5.41, 5.74) is 0.454. The van der Waals surface area contributed by atoms with E-state index in [0.717, 1.165) is 0 Å². The number of aromatic carboxylic acids is 1. The van der Waals surface area contributed by atoms with E-state index in [-0.39, 0.29) is 11.3 Å². The van der Waals surface area contributed by atoms with Crippen molar-refractivity contribution >= 4 is 33.5 Å². The van der Waals surface area contributed by atoms with Crippen molar-refractivity contribution in [2.75, 3.05) is 12.4 Å². The Hall–Kier alpha value is -2.41. The van der Waals surface area contributed by atoms with E-state index in [9.17, 15) is 14.7 Å². The lowest BCUT2D eigenvalue weighted by Gasteiger charge is -2.10. The highest BCUT2D eigenvalue weighted by Crippen LogP contribution is 2.23. The second-order valence-corrected chi connectivity index (χ2v) is 4.98. The van der Waals surface area contributed by atoms with Crippen molar-refractivity contribution in [1.29, 1.82) is 0 Å². The Kier molecular flexibility index (Phi) is 4.54. The van der Waals surface area contributed by atoms with Crippen LogP contribution >= 0.6 is 15.9 Å². The summed E-state index contributed by atoms with van der Waals surface area (Å²) in [4.78, 5) is 27.2. The van der Waals surface area contributed by atoms with Gasteiger partial charge < -0.3 is 15.2 Å². The number of hydrogen-bond donors (Lipinski definition) is 2. The van der Waals surface area contributed by atoms with Gasteiger partial charge >= 0.3 is 5.97 Å². The number of carboxylic acids is 1. The number of methoxy groups -OCH3 is 1. The quantitative estimate of drug-likeness (QED) is 0.884. The van der Waals surface area contributed by atoms with Crippen molar-refractivity contribution < 1.29 is 19.4 Å². The van der Waals surface area contributed by atoms with Crippen LogP contribution in [0, 0.1) is 0 Å². The maximum Gasteiger partial charge on any atom is 0.337 e. The highest BCUT2D eigenvalue weighted by Gasteiger charge is 2.15. The van der Waals surface area contributed by atoms with Gasteiger partial charge in [0.1, 0.15) is 5.75 Å². The van der Waals surface area contributed by atoms with Gasteiger partial charge in [0.25, 0.3) is 5.91 Å². The Labute approximate surface area is 128 Å². The third kappa shape index (κ3) is 3.57. The normalized spacial score (nSPS) is 10.0. The van der Waals surface area contributed by atoms with Gasteiger partial charge in [-0.1, -0.05) is 0 Å². The number of hydrogen-bond acceptors (Lipinski definition) is 4. The van der Waals surface area contributed by atoms with Gasteiger partial charge in [-0.05, 0) is 40.2 Å². The minimum absolute atomic E-state index is 0.0503. The summed E-state index contributed by atoms with van der Waals surface area (Å²) in [6.45, 7) is 0. The van der Waals surface area contributed by atoms with E-state index >= 15 is 0 Å². The number of anilines is 1. The van der Waals surface area contributed by atoms with Gasteiger partial charge in [0, 0.05) is 16.9 Å². The van der Waals surface area contributed by atoms with Gasteiger partial charge in [0.2, 0.25) is 0 Å². The highest BCUT2D eigenvalue weighted by atomic mass is 79.9. The molecule has 0 radical (unpaired) electrons. The lowest BCUT2D eigenvalue weighted by molar-refractivity contribution is 0.0697. The molecule has 1 aromatic carbocycles. The molecule has 0 spiro atoms. The Morgan fingerprint density at radius 1 is 1.29 bits per heavy atom. The zero-order valence-electron chi connectivity index (χ0n) is 11.0. The van der Waals surface area contributed by atoms with E-state index in [1.165, 1.54) is 25.4 Å². The molecule has 0 bridgehead atoms. The number of ether oxygens (including phenoxy) is 1. The van der Waals surface area contributed by atoms with Gasteiger partial charge in [0.15, 0.2) is 0 Å².